The summed E-state index contributed by atoms with van der Waals surface area (Å²) < 4.78 is 37.5. The minimum Gasteiger partial charge on any atom is -0.337 e. The van der Waals surface area contributed by atoms with Crippen molar-refractivity contribution in [2.45, 2.75) is 19.0 Å². The molecule has 1 aliphatic heterocycles. The van der Waals surface area contributed by atoms with Crippen molar-refractivity contribution in [1.29, 1.82) is 0 Å². The van der Waals surface area contributed by atoms with Crippen molar-refractivity contribution >= 4 is 5.95 Å². The van der Waals surface area contributed by atoms with E-state index < -0.39 is 11.9 Å². The molecule has 3 nitrogen and oxygen atoms in total. The molecule has 0 unspecified atom stereocenters. The largest absolute Gasteiger partial charge is 0.433 e. The molecule has 1 aromatic rings. The Hall–Kier alpha value is -1.59. The van der Waals surface area contributed by atoms with E-state index in [2.05, 4.69) is 16.5 Å². The first-order chi connectivity index (χ1) is 7.97. The quantitative estimate of drug-likeness (QED) is 0.710. The van der Waals surface area contributed by atoms with Gasteiger partial charge in [0.15, 0.2) is 0 Å². The highest BCUT2D eigenvalue weighted by Gasteiger charge is 2.33. The molecular formula is C11H12F3N3. The second-order valence-electron chi connectivity index (χ2n) is 4.01. The first-order valence-electron chi connectivity index (χ1n) is 5.28. The van der Waals surface area contributed by atoms with Crippen LogP contribution in [0.25, 0.3) is 0 Å². The molecule has 1 aromatic heterocycles. The van der Waals surface area contributed by atoms with E-state index in [0.717, 1.165) is 30.7 Å². The van der Waals surface area contributed by atoms with Crippen molar-refractivity contribution in [2.24, 2.45) is 0 Å². The molecule has 2 heterocycles. The molecule has 0 amide bonds. The van der Waals surface area contributed by atoms with Crippen LogP contribution in [-0.2, 0) is 6.18 Å². The molecule has 0 radical (unpaired) electrons. The van der Waals surface area contributed by atoms with Gasteiger partial charge >= 0.3 is 6.18 Å². The molecule has 17 heavy (non-hydrogen) atoms. The van der Waals surface area contributed by atoms with Crippen molar-refractivity contribution in [3.63, 3.8) is 0 Å². The van der Waals surface area contributed by atoms with Crippen LogP contribution >= 0.6 is 0 Å². The van der Waals surface area contributed by atoms with Gasteiger partial charge in [0.2, 0.25) is 5.95 Å². The van der Waals surface area contributed by atoms with E-state index in [0.29, 0.717) is 13.1 Å². The smallest absolute Gasteiger partial charge is 0.337 e. The Morgan fingerprint density at radius 3 is 2.76 bits per heavy atom. The number of hydrogen-bond acceptors (Lipinski definition) is 3. The average Bonchev–Trinajstić information content (AvgIpc) is 2.28. The zero-order valence-electron chi connectivity index (χ0n) is 9.17. The fourth-order valence-electron chi connectivity index (χ4n) is 1.78. The standard InChI is InChI=1S/C11H12F3N3/c1-8-3-2-6-17(7-8)10-15-5-4-9(16-10)11(12,13)14/h4-5H,1-3,6-7H2. The van der Waals surface area contributed by atoms with Crippen molar-refractivity contribution in [2.75, 3.05) is 18.0 Å². The minimum absolute atomic E-state index is 0.126. The van der Waals surface area contributed by atoms with Gasteiger partial charge in [-0.1, -0.05) is 12.2 Å². The highest BCUT2D eigenvalue weighted by Crippen LogP contribution is 2.28. The number of rotatable bonds is 1. The second kappa shape index (κ2) is 4.35. The Kier molecular flexibility index (Phi) is 3.04. The van der Waals surface area contributed by atoms with Crippen LogP contribution in [0.5, 0.6) is 0 Å². The van der Waals surface area contributed by atoms with Gasteiger partial charge in [0.05, 0.1) is 0 Å². The Labute approximate surface area is 97.0 Å². The summed E-state index contributed by atoms with van der Waals surface area (Å²) in [5.74, 6) is 0.126. The van der Waals surface area contributed by atoms with Gasteiger partial charge in [-0.3, -0.25) is 0 Å². The third-order valence-electron chi connectivity index (χ3n) is 2.59. The molecule has 0 spiro atoms. The van der Waals surface area contributed by atoms with E-state index >= 15 is 0 Å². The average molecular weight is 243 g/mol. The van der Waals surface area contributed by atoms with Crippen LogP contribution in [0.3, 0.4) is 0 Å². The maximum atomic E-state index is 12.5. The molecular weight excluding hydrogens is 231 g/mol. The number of anilines is 1. The number of hydrogen-bond donors (Lipinski definition) is 0. The van der Waals surface area contributed by atoms with E-state index in [1.54, 1.807) is 4.90 Å². The van der Waals surface area contributed by atoms with Crippen LogP contribution in [0.15, 0.2) is 24.4 Å². The summed E-state index contributed by atoms with van der Waals surface area (Å²) in [6.07, 6.45) is -1.50. The minimum atomic E-state index is -4.43. The molecule has 2 rings (SSSR count). The van der Waals surface area contributed by atoms with Gasteiger partial charge in [0.25, 0.3) is 0 Å². The maximum absolute atomic E-state index is 12.5. The number of nitrogens with zero attached hydrogens (tertiary/aromatic N) is 3. The predicted molar refractivity (Wildman–Crippen MR) is 57.6 cm³/mol. The lowest BCUT2D eigenvalue weighted by molar-refractivity contribution is -0.141. The fourth-order valence-corrected chi connectivity index (χ4v) is 1.78. The van der Waals surface area contributed by atoms with Crippen molar-refractivity contribution in [3.05, 3.63) is 30.1 Å². The van der Waals surface area contributed by atoms with E-state index in [9.17, 15) is 13.2 Å². The maximum Gasteiger partial charge on any atom is 0.433 e. The van der Waals surface area contributed by atoms with Crippen LogP contribution in [-0.4, -0.2) is 23.1 Å². The molecule has 1 fully saturated rings. The van der Waals surface area contributed by atoms with Crippen LogP contribution in [0, 0.1) is 0 Å². The van der Waals surface area contributed by atoms with Crippen molar-refractivity contribution < 1.29 is 13.2 Å². The number of aromatic nitrogens is 2. The summed E-state index contributed by atoms with van der Waals surface area (Å²) in [5.41, 5.74) is 0.0935. The lowest BCUT2D eigenvalue weighted by Gasteiger charge is -2.28. The first kappa shape index (κ1) is 11.9. The lowest BCUT2D eigenvalue weighted by atomic mass is 10.1. The number of alkyl halides is 3. The number of halogens is 3. The lowest BCUT2D eigenvalue weighted by Crippen LogP contribution is -2.32. The third-order valence-corrected chi connectivity index (χ3v) is 2.59. The van der Waals surface area contributed by atoms with Crippen molar-refractivity contribution in [1.82, 2.24) is 9.97 Å². The Morgan fingerprint density at radius 1 is 1.35 bits per heavy atom. The molecule has 0 aromatic carbocycles. The molecule has 0 saturated carbocycles. The molecule has 0 atom stereocenters. The van der Waals surface area contributed by atoms with Gasteiger partial charge in [0, 0.05) is 19.3 Å². The predicted octanol–water partition coefficient (Wildman–Crippen LogP) is 2.65. The Morgan fingerprint density at radius 2 is 2.12 bits per heavy atom. The molecule has 92 valence electrons. The molecule has 0 N–H and O–H groups in total. The monoisotopic (exact) mass is 243 g/mol. The Bertz CT molecular complexity index is 428. The van der Waals surface area contributed by atoms with E-state index in [4.69, 9.17) is 0 Å². The zero-order chi connectivity index (χ0) is 12.5. The van der Waals surface area contributed by atoms with Gasteiger partial charge < -0.3 is 4.90 Å². The molecule has 0 aliphatic carbocycles. The summed E-state index contributed by atoms with van der Waals surface area (Å²) in [6.45, 7) is 5.04. The normalized spacial score (nSPS) is 17.4. The third kappa shape index (κ3) is 2.75. The summed E-state index contributed by atoms with van der Waals surface area (Å²) >= 11 is 0. The SMILES string of the molecule is C=C1CCCN(c2nccc(C(F)(F)F)n2)C1. The van der Waals surface area contributed by atoms with Gasteiger partial charge in [0.1, 0.15) is 5.69 Å². The van der Waals surface area contributed by atoms with Gasteiger partial charge in [-0.2, -0.15) is 13.2 Å². The van der Waals surface area contributed by atoms with Crippen LogP contribution in [0.2, 0.25) is 0 Å². The topological polar surface area (TPSA) is 29.0 Å². The summed E-state index contributed by atoms with van der Waals surface area (Å²) in [4.78, 5) is 9.16. The first-order valence-corrected chi connectivity index (χ1v) is 5.28. The van der Waals surface area contributed by atoms with Crippen molar-refractivity contribution in [3.8, 4) is 0 Å². The van der Waals surface area contributed by atoms with Gasteiger partial charge in [-0.05, 0) is 18.9 Å². The molecule has 0 bridgehead atoms. The van der Waals surface area contributed by atoms with Gasteiger partial charge in [-0.25, -0.2) is 9.97 Å². The molecule has 1 aliphatic rings. The van der Waals surface area contributed by atoms with Gasteiger partial charge in [-0.15, -0.1) is 0 Å². The highest BCUT2D eigenvalue weighted by molar-refractivity contribution is 5.34. The molecule has 1 saturated heterocycles. The fraction of sp³-hybridized carbons (Fsp3) is 0.455. The number of piperidine rings is 1. The summed E-state index contributed by atoms with van der Waals surface area (Å²) in [6, 6.07) is 0.877. The Balaban J connectivity index is 2.24. The van der Waals surface area contributed by atoms with E-state index in [-0.39, 0.29) is 5.95 Å². The van der Waals surface area contributed by atoms with Crippen LogP contribution in [0.1, 0.15) is 18.5 Å². The van der Waals surface area contributed by atoms with Crippen LogP contribution < -0.4 is 4.90 Å². The van der Waals surface area contributed by atoms with E-state index in [1.165, 1.54) is 0 Å². The second-order valence-corrected chi connectivity index (χ2v) is 4.01. The summed E-state index contributed by atoms with van der Waals surface area (Å²) in [7, 11) is 0. The van der Waals surface area contributed by atoms with E-state index in [1.807, 2.05) is 0 Å². The molecule has 6 heteroatoms. The highest BCUT2D eigenvalue weighted by atomic mass is 19.4. The van der Waals surface area contributed by atoms with Crippen LogP contribution in [0.4, 0.5) is 19.1 Å². The summed E-state index contributed by atoms with van der Waals surface area (Å²) in [5, 5.41) is 0. The zero-order valence-corrected chi connectivity index (χ0v) is 9.17.